The summed E-state index contributed by atoms with van der Waals surface area (Å²) in [6.07, 6.45) is 0.117. The van der Waals surface area contributed by atoms with Crippen LogP contribution in [0.4, 0.5) is 5.69 Å². The van der Waals surface area contributed by atoms with Crippen molar-refractivity contribution in [1.82, 2.24) is 0 Å². The largest absolute Gasteiger partial charge is 0.508 e. The lowest BCUT2D eigenvalue weighted by molar-refractivity contribution is 0.241. The minimum Gasteiger partial charge on any atom is -0.508 e. The van der Waals surface area contributed by atoms with Crippen molar-refractivity contribution in [2.24, 2.45) is 0 Å². The molecule has 0 aliphatic carbocycles. The maximum absolute atomic E-state index is 9.45. The molecule has 1 N–H and O–H groups in total. The maximum Gasteiger partial charge on any atom is 0.125 e. The molecule has 0 unspecified atom stereocenters. The standard InChI is InChI=1S/C11H17NO2/c1-8(2)14-11-6-9(12(3)4)5-10(13)7-11/h5-8,13H,1-4H3. The molecule has 0 bridgehead atoms. The van der Waals surface area contributed by atoms with Gasteiger partial charge in [0.25, 0.3) is 0 Å². The number of phenolic OH excluding ortho intramolecular Hbond substituents is 1. The second-order valence-corrected chi connectivity index (χ2v) is 3.75. The van der Waals surface area contributed by atoms with Gasteiger partial charge in [0.2, 0.25) is 0 Å². The van der Waals surface area contributed by atoms with E-state index in [4.69, 9.17) is 4.74 Å². The molecule has 78 valence electrons. The van der Waals surface area contributed by atoms with E-state index >= 15 is 0 Å². The Morgan fingerprint density at radius 2 is 1.86 bits per heavy atom. The van der Waals surface area contributed by atoms with Crippen LogP contribution < -0.4 is 9.64 Å². The Labute approximate surface area is 84.9 Å². The summed E-state index contributed by atoms with van der Waals surface area (Å²) in [7, 11) is 3.85. The summed E-state index contributed by atoms with van der Waals surface area (Å²) in [6, 6.07) is 5.22. The highest BCUT2D eigenvalue weighted by Gasteiger charge is 2.04. The van der Waals surface area contributed by atoms with Crippen LogP contribution in [0.5, 0.6) is 11.5 Å². The second-order valence-electron chi connectivity index (χ2n) is 3.75. The number of phenols is 1. The van der Waals surface area contributed by atoms with E-state index < -0.39 is 0 Å². The van der Waals surface area contributed by atoms with Crippen LogP contribution in [0.1, 0.15) is 13.8 Å². The molecule has 0 amide bonds. The first-order chi connectivity index (χ1) is 6.49. The van der Waals surface area contributed by atoms with Crippen LogP contribution in [0.3, 0.4) is 0 Å². The van der Waals surface area contributed by atoms with Crippen molar-refractivity contribution in [3.63, 3.8) is 0 Å². The number of hydrogen-bond acceptors (Lipinski definition) is 3. The summed E-state index contributed by atoms with van der Waals surface area (Å²) in [5.41, 5.74) is 0.931. The predicted molar refractivity (Wildman–Crippen MR) is 58.2 cm³/mol. The number of hydrogen-bond donors (Lipinski definition) is 1. The van der Waals surface area contributed by atoms with Crippen molar-refractivity contribution in [2.45, 2.75) is 20.0 Å². The molecule has 3 heteroatoms. The molecule has 0 radical (unpaired) electrons. The first-order valence-corrected chi connectivity index (χ1v) is 4.67. The van der Waals surface area contributed by atoms with E-state index in [9.17, 15) is 5.11 Å². The van der Waals surface area contributed by atoms with E-state index in [1.165, 1.54) is 0 Å². The van der Waals surface area contributed by atoms with Crippen molar-refractivity contribution in [3.05, 3.63) is 18.2 Å². The van der Waals surface area contributed by atoms with Crippen LogP contribution in [0, 0.1) is 0 Å². The average molecular weight is 195 g/mol. The molecule has 1 rings (SSSR count). The van der Waals surface area contributed by atoms with Crippen LogP contribution in [0.2, 0.25) is 0 Å². The molecule has 0 heterocycles. The van der Waals surface area contributed by atoms with Gasteiger partial charge in [-0.25, -0.2) is 0 Å². The van der Waals surface area contributed by atoms with Gasteiger partial charge in [0.05, 0.1) is 6.10 Å². The predicted octanol–water partition coefficient (Wildman–Crippen LogP) is 2.25. The summed E-state index contributed by atoms with van der Waals surface area (Å²) in [5, 5.41) is 9.45. The molecule has 0 aromatic heterocycles. The highest BCUT2D eigenvalue weighted by atomic mass is 16.5. The van der Waals surface area contributed by atoms with Gasteiger partial charge >= 0.3 is 0 Å². The number of nitrogens with zero attached hydrogens (tertiary/aromatic N) is 1. The molecule has 1 aromatic rings. The van der Waals surface area contributed by atoms with Crippen LogP contribution in [-0.2, 0) is 0 Å². The third-order valence-electron chi connectivity index (χ3n) is 1.76. The van der Waals surface area contributed by atoms with Crippen LogP contribution in [-0.4, -0.2) is 25.3 Å². The third-order valence-corrected chi connectivity index (χ3v) is 1.76. The molecule has 0 spiro atoms. The number of rotatable bonds is 3. The lowest BCUT2D eigenvalue weighted by Crippen LogP contribution is -2.10. The molecular formula is C11H17NO2. The van der Waals surface area contributed by atoms with Crippen molar-refractivity contribution < 1.29 is 9.84 Å². The van der Waals surface area contributed by atoms with Crippen molar-refractivity contribution in [2.75, 3.05) is 19.0 Å². The lowest BCUT2D eigenvalue weighted by Gasteiger charge is -2.16. The first-order valence-electron chi connectivity index (χ1n) is 4.67. The minimum atomic E-state index is 0.117. The molecule has 0 aliphatic rings. The Balaban J connectivity index is 2.95. The average Bonchev–Trinajstić information content (AvgIpc) is 2.01. The van der Waals surface area contributed by atoms with E-state index in [0.717, 1.165) is 5.69 Å². The molecule has 0 fully saturated rings. The third kappa shape index (κ3) is 2.83. The van der Waals surface area contributed by atoms with Gasteiger partial charge in [0.1, 0.15) is 11.5 Å². The normalized spacial score (nSPS) is 10.4. The molecule has 0 aliphatic heterocycles. The van der Waals surface area contributed by atoms with Crippen molar-refractivity contribution >= 4 is 5.69 Å². The SMILES string of the molecule is CC(C)Oc1cc(O)cc(N(C)C)c1. The second kappa shape index (κ2) is 4.22. The Hall–Kier alpha value is -1.38. The van der Waals surface area contributed by atoms with Crippen LogP contribution >= 0.6 is 0 Å². The fourth-order valence-corrected chi connectivity index (χ4v) is 1.17. The summed E-state index contributed by atoms with van der Waals surface area (Å²) >= 11 is 0. The zero-order valence-electron chi connectivity index (χ0n) is 9.11. The number of benzene rings is 1. The van der Waals surface area contributed by atoms with Gasteiger partial charge in [-0.2, -0.15) is 0 Å². The minimum absolute atomic E-state index is 0.117. The number of ether oxygens (including phenoxy) is 1. The Bertz CT molecular complexity index is 308. The highest BCUT2D eigenvalue weighted by Crippen LogP contribution is 2.27. The summed E-state index contributed by atoms with van der Waals surface area (Å²) in [4.78, 5) is 1.92. The highest BCUT2D eigenvalue weighted by molar-refractivity contribution is 5.54. The summed E-state index contributed by atoms with van der Waals surface area (Å²) in [6.45, 7) is 3.92. The monoisotopic (exact) mass is 195 g/mol. The van der Waals surface area contributed by atoms with E-state index in [0.29, 0.717) is 5.75 Å². The van der Waals surface area contributed by atoms with Crippen LogP contribution in [0.25, 0.3) is 0 Å². The summed E-state index contributed by atoms with van der Waals surface area (Å²) < 4.78 is 5.50. The number of anilines is 1. The molecule has 0 saturated carbocycles. The molecule has 1 aromatic carbocycles. The quantitative estimate of drug-likeness (QED) is 0.803. The van der Waals surface area contributed by atoms with Gasteiger partial charge in [-0.1, -0.05) is 0 Å². The van der Waals surface area contributed by atoms with E-state index in [2.05, 4.69) is 0 Å². The Morgan fingerprint density at radius 3 is 2.36 bits per heavy atom. The zero-order valence-corrected chi connectivity index (χ0v) is 9.11. The topological polar surface area (TPSA) is 32.7 Å². The first kappa shape index (κ1) is 10.7. The number of aromatic hydroxyl groups is 1. The molecule has 3 nitrogen and oxygen atoms in total. The maximum atomic E-state index is 9.45. The van der Waals surface area contributed by atoms with E-state index in [1.807, 2.05) is 38.9 Å². The van der Waals surface area contributed by atoms with Crippen LogP contribution in [0.15, 0.2) is 18.2 Å². The van der Waals surface area contributed by atoms with Gasteiger partial charge in [0.15, 0.2) is 0 Å². The Morgan fingerprint density at radius 1 is 1.21 bits per heavy atom. The van der Waals surface area contributed by atoms with E-state index in [-0.39, 0.29) is 11.9 Å². The molecular weight excluding hydrogens is 178 g/mol. The lowest BCUT2D eigenvalue weighted by atomic mass is 10.2. The van der Waals surface area contributed by atoms with Gasteiger partial charge < -0.3 is 14.7 Å². The summed E-state index contributed by atoms with van der Waals surface area (Å²) in [5.74, 6) is 0.926. The molecule has 0 saturated heterocycles. The van der Waals surface area contributed by atoms with E-state index in [1.54, 1.807) is 12.1 Å². The van der Waals surface area contributed by atoms with Gasteiger partial charge in [0, 0.05) is 38.0 Å². The molecule has 0 atom stereocenters. The smallest absolute Gasteiger partial charge is 0.125 e. The van der Waals surface area contributed by atoms with Gasteiger partial charge in [-0.15, -0.1) is 0 Å². The van der Waals surface area contributed by atoms with Gasteiger partial charge in [-0.05, 0) is 13.8 Å². The zero-order chi connectivity index (χ0) is 10.7. The fourth-order valence-electron chi connectivity index (χ4n) is 1.17. The molecule has 14 heavy (non-hydrogen) atoms. The van der Waals surface area contributed by atoms with Crippen molar-refractivity contribution in [1.29, 1.82) is 0 Å². The van der Waals surface area contributed by atoms with Crippen molar-refractivity contribution in [3.8, 4) is 11.5 Å². The van der Waals surface area contributed by atoms with Gasteiger partial charge in [-0.3, -0.25) is 0 Å². The fraction of sp³-hybridized carbons (Fsp3) is 0.455. The Kier molecular flexibility index (Phi) is 3.23.